The van der Waals surface area contributed by atoms with Crippen LogP contribution in [0.3, 0.4) is 0 Å². The highest BCUT2D eigenvalue weighted by Gasteiger charge is 2.29. The number of rotatable bonds is 7. The molecule has 0 radical (unpaired) electrons. The van der Waals surface area contributed by atoms with E-state index in [0.29, 0.717) is 12.1 Å². The first-order chi connectivity index (χ1) is 14.1. The molecule has 3 aliphatic heterocycles. The van der Waals surface area contributed by atoms with Crippen LogP contribution in [0.2, 0.25) is 0 Å². The zero-order valence-corrected chi connectivity index (χ0v) is 18.4. The average molecular weight is 399 g/mol. The maximum atomic E-state index is 9.54. The van der Waals surface area contributed by atoms with E-state index >= 15 is 0 Å². The number of likely N-dealkylation sites (tertiary alicyclic amines) is 2. The third-order valence-corrected chi connectivity index (χ3v) is 7.04. The van der Waals surface area contributed by atoms with E-state index in [1.165, 1.54) is 51.6 Å². The topological polar surface area (TPSA) is 60.5 Å². The van der Waals surface area contributed by atoms with Crippen molar-refractivity contribution in [1.29, 1.82) is 10.5 Å². The number of nitriles is 2. The molecule has 2 atom stereocenters. The highest BCUT2D eigenvalue weighted by Crippen LogP contribution is 2.25. The predicted octanol–water partition coefficient (Wildman–Crippen LogP) is 3.00. The summed E-state index contributed by atoms with van der Waals surface area (Å²) in [5.41, 5.74) is 0.279. The lowest BCUT2D eigenvalue weighted by Gasteiger charge is -2.39. The molecule has 0 N–H and O–H groups in total. The Morgan fingerprint density at radius 2 is 1.41 bits per heavy atom. The van der Waals surface area contributed by atoms with E-state index in [1.54, 1.807) is 0 Å². The van der Waals surface area contributed by atoms with Gasteiger partial charge in [0, 0.05) is 51.4 Å². The summed E-state index contributed by atoms with van der Waals surface area (Å²) in [6, 6.07) is 5.65. The zero-order valence-electron chi connectivity index (χ0n) is 18.4. The molecule has 0 aliphatic carbocycles. The SMILES string of the molecule is CC1CCCC(C)N1CCCN1CCN(CCN2CCCCC2)C1=C(C#N)C#N. The van der Waals surface area contributed by atoms with Gasteiger partial charge in [-0.2, -0.15) is 10.5 Å². The summed E-state index contributed by atoms with van der Waals surface area (Å²) >= 11 is 0. The summed E-state index contributed by atoms with van der Waals surface area (Å²) in [7, 11) is 0. The van der Waals surface area contributed by atoms with Crippen molar-refractivity contribution in [2.75, 3.05) is 52.4 Å². The first kappa shape index (κ1) is 21.9. The molecule has 3 fully saturated rings. The van der Waals surface area contributed by atoms with Gasteiger partial charge in [-0.15, -0.1) is 0 Å². The fraction of sp³-hybridized carbons (Fsp3) is 0.826. The van der Waals surface area contributed by atoms with Gasteiger partial charge in [-0.1, -0.05) is 12.8 Å². The molecule has 0 amide bonds. The van der Waals surface area contributed by atoms with Crippen LogP contribution in [0.1, 0.15) is 58.8 Å². The van der Waals surface area contributed by atoms with Crippen molar-refractivity contribution < 1.29 is 0 Å². The van der Waals surface area contributed by atoms with Crippen LogP contribution in [0.15, 0.2) is 11.4 Å². The average Bonchev–Trinajstić information content (AvgIpc) is 3.13. The molecule has 160 valence electrons. The standard InChI is InChI=1S/C23H38N6/c1-20-8-6-9-21(2)29(20)13-7-12-27-16-17-28(23(27)22(18-24)19-25)15-14-26-10-4-3-5-11-26/h20-21H,3-17H2,1-2H3. The van der Waals surface area contributed by atoms with E-state index in [0.717, 1.165) is 51.5 Å². The summed E-state index contributed by atoms with van der Waals surface area (Å²) in [5, 5.41) is 19.1. The van der Waals surface area contributed by atoms with Crippen molar-refractivity contribution in [3.05, 3.63) is 11.4 Å². The number of piperidine rings is 2. The van der Waals surface area contributed by atoms with Crippen LogP contribution in [0, 0.1) is 22.7 Å². The number of allylic oxidation sites excluding steroid dienone is 1. The Hall–Kier alpha value is -1.76. The molecule has 3 aliphatic rings. The number of hydrogen-bond acceptors (Lipinski definition) is 6. The van der Waals surface area contributed by atoms with Gasteiger partial charge in [0.05, 0.1) is 0 Å². The summed E-state index contributed by atoms with van der Waals surface area (Å²) in [5.74, 6) is 0.881. The largest absolute Gasteiger partial charge is 0.355 e. The predicted molar refractivity (Wildman–Crippen MR) is 116 cm³/mol. The third kappa shape index (κ3) is 5.65. The number of nitrogens with zero attached hydrogens (tertiary/aromatic N) is 6. The minimum Gasteiger partial charge on any atom is -0.355 e. The highest BCUT2D eigenvalue weighted by molar-refractivity contribution is 5.40. The summed E-state index contributed by atoms with van der Waals surface area (Å²) < 4.78 is 0. The molecular formula is C23H38N6. The fourth-order valence-electron chi connectivity index (χ4n) is 5.33. The lowest BCUT2D eigenvalue weighted by atomic mass is 9.97. The van der Waals surface area contributed by atoms with Crippen LogP contribution >= 0.6 is 0 Å². The Kier molecular flexibility index (Phi) is 8.21. The van der Waals surface area contributed by atoms with E-state index in [2.05, 4.69) is 45.6 Å². The van der Waals surface area contributed by atoms with Gasteiger partial charge in [-0.25, -0.2) is 0 Å². The molecule has 0 aromatic heterocycles. The maximum absolute atomic E-state index is 9.54. The first-order valence-corrected chi connectivity index (χ1v) is 11.7. The summed E-state index contributed by atoms with van der Waals surface area (Å²) in [6.07, 6.45) is 8.97. The van der Waals surface area contributed by atoms with E-state index in [1.807, 2.05) is 0 Å². The smallest absolute Gasteiger partial charge is 0.169 e. The van der Waals surface area contributed by atoms with E-state index in [9.17, 15) is 10.5 Å². The van der Waals surface area contributed by atoms with E-state index in [-0.39, 0.29) is 5.57 Å². The van der Waals surface area contributed by atoms with Crippen LogP contribution in [-0.2, 0) is 0 Å². The Morgan fingerprint density at radius 3 is 2.03 bits per heavy atom. The molecular weight excluding hydrogens is 360 g/mol. The highest BCUT2D eigenvalue weighted by atomic mass is 15.4. The minimum absolute atomic E-state index is 0.279. The van der Waals surface area contributed by atoms with Crippen molar-refractivity contribution >= 4 is 0 Å². The molecule has 0 saturated carbocycles. The van der Waals surface area contributed by atoms with Gasteiger partial charge in [0.15, 0.2) is 5.57 Å². The Bertz CT molecular complexity index is 613. The molecule has 3 rings (SSSR count). The number of hydrogen-bond donors (Lipinski definition) is 0. The molecule has 0 spiro atoms. The van der Waals surface area contributed by atoms with Gasteiger partial charge in [-0.05, 0) is 59.0 Å². The fourth-order valence-corrected chi connectivity index (χ4v) is 5.33. The molecule has 2 unspecified atom stereocenters. The molecule has 0 aromatic rings. The van der Waals surface area contributed by atoms with E-state index < -0.39 is 0 Å². The van der Waals surface area contributed by atoms with Crippen molar-refractivity contribution in [3.8, 4) is 12.1 Å². The van der Waals surface area contributed by atoms with Crippen molar-refractivity contribution in [3.63, 3.8) is 0 Å². The third-order valence-electron chi connectivity index (χ3n) is 7.04. The second kappa shape index (κ2) is 10.9. The Morgan fingerprint density at radius 1 is 0.793 bits per heavy atom. The van der Waals surface area contributed by atoms with Gasteiger partial charge in [-0.3, -0.25) is 4.90 Å². The van der Waals surface area contributed by atoms with Crippen LogP contribution in [-0.4, -0.2) is 84.0 Å². The normalized spacial score (nSPS) is 26.4. The molecule has 6 heteroatoms. The molecule has 3 heterocycles. The lowest BCUT2D eigenvalue weighted by molar-refractivity contribution is 0.0989. The van der Waals surface area contributed by atoms with Gasteiger partial charge in [0.1, 0.15) is 18.0 Å². The molecule has 0 bridgehead atoms. The van der Waals surface area contributed by atoms with Crippen LogP contribution in [0.4, 0.5) is 0 Å². The lowest BCUT2D eigenvalue weighted by Crippen LogP contribution is -2.44. The first-order valence-electron chi connectivity index (χ1n) is 11.7. The molecule has 29 heavy (non-hydrogen) atoms. The second-order valence-corrected chi connectivity index (χ2v) is 9.02. The van der Waals surface area contributed by atoms with E-state index in [4.69, 9.17) is 0 Å². The minimum atomic E-state index is 0.279. The van der Waals surface area contributed by atoms with Gasteiger partial charge >= 0.3 is 0 Å². The monoisotopic (exact) mass is 398 g/mol. The molecule has 0 aromatic carbocycles. The summed E-state index contributed by atoms with van der Waals surface area (Å²) in [6.45, 7) is 12.9. The quantitative estimate of drug-likeness (QED) is 0.615. The van der Waals surface area contributed by atoms with Crippen molar-refractivity contribution in [2.24, 2.45) is 0 Å². The Balaban J connectivity index is 1.57. The molecule has 3 saturated heterocycles. The Labute approximate surface area is 177 Å². The van der Waals surface area contributed by atoms with Crippen molar-refractivity contribution in [1.82, 2.24) is 19.6 Å². The van der Waals surface area contributed by atoms with Crippen LogP contribution in [0.25, 0.3) is 0 Å². The van der Waals surface area contributed by atoms with Crippen LogP contribution in [0.5, 0.6) is 0 Å². The maximum Gasteiger partial charge on any atom is 0.169 e. The van der Waals surface area contributed by atoms with Crippen molar-refractivity contribution in [2.45, 2.75) is 70.9 Å². The van der Waals surface area contributed by atoms with Gasteiger partial charge < -0.3 is 14.7 Å². The van der Waals surface area contributed by atoms with Gasteiger partial charge in [0.2, 0.25) is 0 Å². The van der Waals surface area contributed by atoms with Crippen LogP contribution < -0.4 is 0 Å². The summed E-state index contributed by atoms with van der Waals surface area (Å²) in [4.78, 5) is 9.74. The van der Waals surface area contributed by atoms with Gasteiger partial charge in [0.25, 0.3) is 0 Å². The zero-order chi connectivity index (χ0) is 20.6. The molecule has 6 nitrogen and oxygen atoms in total. The second-order valence-electron chi connectivity index (χ2n) is 9.02.